The van der Waals surface area contributed by atoms with E-state index >= 15 is 0 Å². The summed E-state index contributed by atoms with van der Waals surface area (Å²) < 4.78 is 5.42. The van der Waals surface area contributed by atoms with Crippen LogP contribution in [0.3, 0.4) is 0 Å². The van der Waals surface area contributed by atoms with Crippen LogP contribution in [0.1, 0.15) is 10.4 Å². The van der Waals surface area contributed by atoms with Crippen LogP contribution in [0.25, 0.3) is 22.4 Å². The molecular weight excluding hydrogens is 392 g/mol. The molecule has 5 rings (SSSR count). The number of morpholine rings is 1. The first-order chi connectivity index (χ1) is 15.2. The molecule has 0 unspecified atom stereocenters. The van der Waals surface area contributed by atoms with Gasteiger partial charge in [0.1, 0.15) is 11.6 Å². The van der Waals surface area contributed by atoms with Crippen LogP contribution in [0.5, 0.6) is 5.75 Å². The van der Waals surface area contributed by atoms with E-state index in [9.17, 15) is 9.90 Å². The number of ether oxygens (including phenoxy) is 1. The number of amides is 1. The Morgan fingerprint density at radius 3 is 2.58 bits per heavy atom. The molecule has 1 aliphatic heterocycles. The van der Waals surface area contributed by atoms with Crippen LogP contribution in [0.15, 0.2) is 66.7 Å². The maximum Gasteiger partial charge on any atom is 0.259 e. The lowest BCUT2D eigenvalue weighted by molar-refractivity contribution is 0.102. The van der Waals surface area contributed by atoms with E-state index in [2.05, 4.69) is 39.5 Å². The quantitative estimate of drug-likeness (QED) is 0.469. The van der Waals surface area contributed by atoms with Crippen molar-refractivity contribution in [1.82, 2.24) is 9.97 Å². The molecule has 4 aromatic rings. The molecule has 0 radical (unpaired) electrons. The number of phenolic OH excluding ortho intramolecular Hbond substituents is 1. The van der Waals surface area contributed by atoms with Gasteiger partial charge in [0.15, 0.2) is 0 Å². The molecule has 156 valence electrons. The highest BCUT2D eigenvalue weighted by Gasteiger charge is 2.13. The molecule has 31 heavy (non-hydrogen) atoms. The van der Waals surface area contributed by atoms with E-state index in [1.54, 1.807) is 18.2 Å². The smallest absolute Gasteiger partial charge is 0.259 e. The highest BCUT2D eigenvalue weighted by atomic mass is 16.5. The van der Waals surface area contributed by atoms with E-state index in [0.717, 1.165) is 48.7 Å². The van der Waals surface area contributed by atoms with Gasteiger partial charge in [-0.05, 0) is 54.6 Å². The average Bonchev–Trinajstić information content (AvgIpc) is 3.23. The van der Waals surface area contributed by atoms with Crippen LogP contribution in [-0.4, -0.2) is 47.3 Å². The fraction of sp³-hybridized carbons (Fsp3) is 0.167. The van der Waals surface area contributed by atoms with Gasteiger partial charge in [0.25, 0.3) is 5.91 Å². The van der Waals surface area contributed by atoms with Gasteiger partial charge in [-0.25, -0.2) is 4.98 Å². The van der Waals surface area contributed by atoms with Crippen LogP contribution >= 0.6 is 0 Å². The lowest BCUT2D eigenvalue weighted by Gasteiger charge is -2.28. The first-order valence-electron chi connectivity index (χ1n) is 10.2. The number of nitrogens with zero attached hydrogens (tertiary/aromatic N) is 2. The molecule has 1 aliphatic rings. The van der Waals surface area contributed by atoms with Crippen LogP contribution < -0.4 is 10.2 Å². The number of H-pyrrole nitrogens is 1. The number of anilines is 2. The summed E-state index contributed by atoms with van der Waals surface area (Å²) in [7, 11) is 0. The Hall–Kier alpha value is -3.84. The summed E-state index contributed by atoms with van der Waals surface area (Å²) in [5.41, 5.74) is 4.65. The van der Waals surface area contributed by atoms with Crippen molar-refractivity contribution in [1.29, 1.82) is 0 Å². The summed E-state index contributed by atoms with van der Waals surface area (Å²) in [6.45, 7) is 3.32. The number of hydrogen-bond donors (Lipinski definition) is 3. The molecule has 1 saturated heterocycles. The molecule has 0 bridgehead atoms. The van der Waals surface area contributed by atoms with Crippen molar-refractivity contribution in [3.63, 3.8) is 0 Å². The minimum atomic E-state index is -0.369. The second kappa shape index (κ2) is 8.12. The van der Waals surface area contributed by atoms with Crippen molar-refractivity contribution in [2.24, 2.45) is 0 Å². The normalized spacial score (nSPS) is 14.0. The maximum atomic E-state index is 12.4. The van der Waals surface area contributed by atoms with E-state index in [-0.39, 0.29) is 17.2 Å². The highest BCUT2D eigenvalue weighted by Crippen LogP contribution is 2.26. The third-order valence-corrected chi connectivity index (χ3v) is 5.41. The fourth-order valence-corrected chi connectivity index (χ4v) is 3.74. The molecule has 1 aromatic heterocycles. The standard InChI is InChI=1S/C24H22N4O3/c29-22-4-2-1-3-19(22)24(30)25-17-7-10-20-21(15-17)27-23(26-20)16-5-8-18(9-6-16)28-11-13-31-14-12-28/h1-10,15,29H,11-14H2,(H,25,30)(H,26,27). The Morgan fingerprint density at radius 1 is 1.03 bits per heavy atom. The van der Waals surface area contributed by atoms with Crippen LogP contribution in [-0.2, 0) is 4.74 Å². The SMILES string of the molecule is O=C(Nc1ccc2[nH]c(-c3ccc(N4CCOCC4)cc3)nc2c1)c1ccccc1O. The second-order valence-electron chi connectivity index (χ2n) is 7.43. The summed E-state index contributed by atoms with van der Waals surface area (Å²) in [6.07, 6.45) is 0. The van der Waals surface area contributed by atoms with Gasteiger partial charge in [-0.2, -0.15) is 0 Å². The molecule has 0 spiro atoms. The molecule has 3 N–H and O–H groups in total. The lowest BCUT2D eigenvalue weighted by Crippen LogP contribution is -2.36. The molecule has 2 heterocycles. The molecule has 0 aliphatic carbocycles. The molecule has 3 aromatic carbocycles. The van der Waals surface area contributed by atoms with E-state index in [4.69, 9.17) is 9.72 Å². The Labute approximate surface area is 179 Å². The predicted molar refractivity (Wildman–Crippen MR) is 121 cm³/mol. The summed E-state index contributed by atoms with van der Waals surface area (Å²) in [6, 6.07) is 20.3. The number of para-hydroxylation sites is 1. The van der Waals surface area contributed by atoms with Crippen LogP contribution in [0.4, 0.5) is 11.4 Å². The number of aromatic amines is 1. The topological polar surface area (TPSA) is 90.5 Å². The number of fused-ring (bicyclic) bond motifs is 1. The van der Waals surface area contributed by atoms with Gasteiger partial charge in [-0.1, -0.05) is 12.1 Å². The van der Waals surface area contributed by atoms with E-state index in [0.29, 0.717) is 5.69 Å². The number of carbonyl (C=O) groups is 1. The average molecular weight is 414 g/mol. The second-order valence-corrected chi connectivity index (χ2v) is 7.43. The van der Waals surface area contributed by atoms with Crippen molar-refractivity contribution in [3.8, 4) is 17.1 Å². The van der Waals surface area contributed by atoms with Crippen molar-refractivity contribution in [2.45, 2.75) is 0 Å². The Morgan fingerprint density at radius 2 is 1.81 bits per heavy atom. The van der Waals surface area contributed by atoms with Gasteiger partial charge < -0.3 is 25.0 Å². The number of benzene rings is 3. The highest BCUT2D eigenvalue weighted by molar-refractivity contribution is 6.06. The van der Waals surface area contributed by atoms with Crippen molar-refractivity contribution in [3.05, 3.63) is 72.3 Å². The third-order valence-electron chi connectivity index (χ3n) is 5.41. The minimum absolute atomic E-state index is 0.0522. The van der Waals surface area contributed by atoms with Gasteiger partial charge in [-0.3, -0.25) is 4.79 Å². The minimum Gasteiger partial charge on any atom is -0.507 e. The molecule has 7 nitrogen and oxygen atoms in total. The number of aromatic nitrogens is 2. The predicted octanol–water partition coefficient (Wildman–Crippen LogP) is 4.02. The number of rotatable bonds is 4. The monoisotopic (exact) mass is 414 g/mol. The van der Waals surface area contributed by atoms with E-state index in [1.165, 1.54) is 11.8 Å². The van der Waals surface area contributed by atoms with Gasteiger partial charge >= 0.3 is 0 Å². The van der Waals surface area contributed by atoms with Gasteiger partial charge in [0, 0.05) is 30.0 Å². The van der Waals surface area contributed by atoms with Crippen molar-refractivity contribution >= 4 is 28.3 Å². The summed E-state index contributed by atoms with van der Waals surface area (Å²) in [5.74, 6) is 0.350. The Kier molecular flexibility index (Phi) is 5.01. The van der Waals surface area contributed by atoms with Crippen LogP contribution in [0.2, 0.25) is 0 Å². The maximum absolute atomic E-state index is 12.4. The molecule has 0 saturated carbocycles. The molecule has 1 fully saturated rings. The van der Waals surface area contributed by atoms with E-state index < -0.39 is 0 Å². The van der Waals surface area contributed by atoms with Gasteiger partial charge in [0.2, 0.25) is 0 Å². The van der Waals surface area contributed by atoms with Crippen molar-refractivity contribution < 1.29 is 14.6 Å². The Bertz CT molecular complexity index is 1230. The molecule has 1 amide bonds. The summed E-state index contributed by atoms with van der Waals surface area (Å²) in [4.78, 5) is 22.8. The first-order valence-corrected chi connectivity index (χ1v) is 10.2. The first kappa shape index (κ1) is 19.1. The Balaban J connectivity index is 1.36. The summed E-state index contributed by atoms with van der Waals surface area (Å²) in [5, 5.41) is 12.7. The van der Waals surface area contributed by atoms with Gasteiger partial charge in [0.05, 0.1) is 29.8 Å². The number of hydrogen-bond acceptors (Lipinski definition) is 5. The lowest BCUT2D eigenvalue weighted by atomic mass is 10.2. The zero-order valence-corrected chi connectivity index (χ0v) is 16.8. The third kappa shape index (κ3) is 3.95. The van der Waals surface area contributed by atoms with Crippen molar-refractivity contribution in [2.75, 3.05) is 36.5 Å². The zero-order valence-electron chi connectivity index (χ0n) is 16.8. The van der Waals surface area contributed by atoms with Gasteiger partial charge in [-0.15, -0.1) is 0 Å². The van der Waals surface area contributed by atoms with E-state index in [1.807, 2.05) is 18.2 Å². The summed E-state index contributed by atoms with van der Waals surface area (Å²) >= 11 is 0. The van der Waals surface area contributed by atoms with Crippen LogP contribution in [0, 0.1) is 0 Å². The molecule has 7 heteroatoms. The zero-order chi connectivity index (χ0) is 21.2. The number of nitrogens with one attached hydrogen (secondary N) is 2. The number of imidazole rings is 1. The molecule has 0 atom stereocenters. The molecular formula is C24H22N4O3. The fourth-order valence-electron chi connectivity index (χ4n) is 3.74. The number of carbonyl (C=O) groups excluding carboxylic acids is 1. The largest absolute Gasteiger partial charge is 0.507 e. The number of phenols is 1. The number of aromatic hydroxyl groups is 1.